The highest BCUT2D eigenvalue weighted by Crippen LogP contribution is 2.21. The third kappa shape index (κ3) is 4.88. The molecule has 0 heterocycles. The minimum atomic E-state index is -0.0501. The molecule has 0 saturated carbocycles. The zero-order valence-electron chi connectivity index (χ0n) is 13.7. The molecular formula is C17H26N2O2. The lowest BCUT2D eigenvalue weighted by Gasteiger charge is -2.25. The van der Waals surface area contributed by atoms with E-state index in [-0.39, 0.29) is 17.9 Å². The van der Waals surface area contributed by atoms with Gasteiger partial charge in [-0.1, -0.05) is 25.1 Å². The summed E-state index contributed by atoms with van der Waals surface area (Å²) in [6.07, 6.45) is 1.19. The van der Waals surface area contributed by atoms with Gasteiger partial charge in [-0.2, -0.15) is 0 Å². The van der Waals surface area contributed by atoms with Crippen molar-refractivity contribution in [3.63, 3.8) is 0 Å². The standard InChI is InChI=1S/C17H26N2O2/c1-6-15-9-7-8-13(4)17(15)18-16(21)10-11-19(12(2)3)14(5)20/h7-9,12H,6,10-11H2,1-5H3,(H,18,21). The predicted octanol–water partition coefficient (Wildman–Crippen LogP) is 3.14. The third-order valence-electron chi connectivity index (χ3n) is 3.61. The highest BCUT2D eigenvalue weighted by Gasteiger charge is 2.15. The summed E-state index contributed by atoms with van der Waals surface area (Å²) in [4.78, 5) is 25.3. The zero-order valence-corrected chi connectivity index (χ0v) is 13.7. The number of amides is 2. The van der Waals surface area contributed by atoms with Crippen LogP contribution in [-0.4, -0.2) is 29.3 Å². The number of anilines is 1. The molecule has 4 heteroatoms. The van der Waals surface area contributed by atoms with E-state index in [1.54, 1.807) is 4.90 Å². The van der Waals surface area contributed by atoms with Gasteiger partial charge in [0.25, 0.3) is 0 Å². The molecule has 1 N–H and O–H groups in total. The smallest absolute Gasteiger partial charge is 0.226 e. The molecule has 116 valence electrons. The van der Waals surface area contributed by atoms with Crippen LogP contribution in [0.4, 0.5) is 5.69 Å². The van der Waals surface area contributed by atoms with Crippen molar-refractivity contribution in [1.29, 1.82) is 0 Å². The minimum Gasteiger partial charge on any atom is -0.340 e. The summed E-state index contributed by atoms with van der Waals surface area (Å²) in [5.41, 5.74) is 3.11. The highest BCUT2D eigenvalue weighted by atomic mass is 16.2. The number of nitrogens with one attached hydrogen (secondary N) is 1. The molecule has 0 aliphatic rings. The summed E-state index contributed by atoms with van der Waals surface area (Å²) in [5, 5.41) is 2.99. The Morgan fingerprint density at radius 3 is 2.48 bits per heavy atom. The molecule has 0 spiro atoms. The van der Waals surface area contributed by atoms with E-state index in [2.05, 4.69) is 12.2 Å². The van der Waals surface area contributed by atoms with Crippen molar-refractivity contribution >= 4 is 17.5 Å². The normalized spacial score (nSPS) is 10.6. The molecule has 0 bridgehead atoms. The number of hydrogen-bond donors (Lipinski definition) is 1. The summed E-state index contributed by atoms with van der Waals surface area (Å²) < 4.78 is 0. The molecule has 1 aromatic carbocycles. The first-order chi connectivity index (χ1) is 9.86. The molecule has 0 unspecified atom stereocenters. The average Bonchev–Trinajstić information content (AvgIpc) is 2.40. The summed E-state index contributed by atoms with van der Waals surface area (Å²) in [6.45, 7) is 9.96. The van der Waals surface area contributed by atoms with Crippen LogP contribution in [0.2, 0.25) is 0 Å². The van der Waals surface area contributed by atoms with Gasteiger partial charge in [0.1, 0.15) is 0 Å². The van der Waals surface area contributed by atoms with Gasteiger partial charge < -0.3 is 10.2 Å². The molecule has 0 aliphatic heterocycles. The Morgan fingerprint density at radius 2 is 1.95 bits per heavy atom. The van der Waals surface area contributed by atoms with E-state index in [0.29, 0.717) is 13.0 Å². The van der Waals surface area contributed by atoms with Crippen LogP contribution in [0, 0.1) is 6.92 Å². The van der Waals surface area contributed by atoms with Crippen molar-refractivity contribution in [1.82, 2.24) is 4.90 Å². The second-order valence-electron chi connectivity index (χ2n) is 5.57. The van der Waals surface area contributed by atoms with Gasteiger partial charge in [0.2, 0.25) is 11.8 Å². The van der Waals surface area contributed by atoms with E-state index >= 15 is 0 Å². The Bertz CT molecular complexity index is 510. The molecule has 1 aromatic rings. The Balaban J connectivity index is 2.68. The topological polar surface area (TPSA) is 49.4 Å². The first kappa shape index (κ1) is 17.2. The summed E-state index contributed by atoms with van der Waals surface area (Å²) in [7, 11) is 0. The predicted molar refractivity (Wildman–Crippen MR) is 86.3 cm³/mol. The fourth-order valence-electron chi connectivity index (χ4n) is 2.41. The Kier molecular flexibility index (Phi) is 6.40. The minimum absolute atomic E-state index is 0.00272. The van der Waals surface area contributed by atoms with Crippen LogP contribution < -0.4 is 5.32 Å². The van der Waals surface area contributed by atoms with Crippen LogP contribution in [0.1, 0.15) is 45.2 Å². The quantitative estimate of drug-likeness (QED) is 0.875. The Hall–Kier alpha value is -1.84. The van der Waals surface area contributed by atoms with Crippen LogP contribution in [0.5, 0.6) is 0 Å². The Labute approximate surface area is 127 Å². The van der Waals surface area contributed by atoms with E-state index in [0.717, 1.165) is 23.2 Å². The van der Waals surface area contributed by atoms with Crippen molar-refractivity contribution in [2.24, 2.45) is 0 Å². The second kappa shape index (κ2) is 7.81. The van der Waals surface area contributed by atoms with Crippen molar-refractivity contribution in [3.8, 4) is 0 Å². The van der Waals surface area contributed by atoms with Crippen molar-refractivity contribution < 1.29 is 9.59 Å². The van der Waals surface area contributed by atoms with Gasteiger partial charge in [0.05, 0.1) is 0 Å². The summed E-state index contributed by atoms with van der Waals surface area (Å²) >= 11 is 0. The van der Waals surface area contributed by atoms with Gasteiger partial charge >= 0.3 is 0 Å². The van der Waals surface area contributed by atoms with Gasteiger partial charge in [-0.15, -0.1) is 0 Å². The first-order valence-corrected chi connectivity index (χ1v) is 7.52. The van der Waals surface area contributed by atoms with E-state index in [1.165, 1.54) is 6.92 Å². The maximum absolute atomic E-state index is 12.1. The SMILES string of the molecule is CCc1cccc(C)c1NC(=O)CCN(C(C)=O)C(C)C. The monoisotopic (exact) mass is 290 g/mol. The van der Waals surface area contributed by atoms with Crippen LogP contribution in [-0.2, 0) is 16.0 Å². The number of para-hydroxylation sites is 1. The Morgan fingerprint density at radius 1 is 1.29 bits per heavy atom. The van der Waals surface area contributed by atoms with Gasteiger partial charge in [-0.3, -0.25) is 9.59 Å². The van der Waals surface area contributed by atoms with Crippen LogP contribution in [0.3, 0.4) is 0 Å². The average molecular weight is 290 g/mol. The first-order valence-electron chi connectivity index (χ1n) is 7.52. The van der Waals surface area contributed by atoms with Crippen LogP contribution >= 0.6 is 0 Å². The number of carbonyl (C=O) groups excluding carboxylic acids is 2. The second-order valence-corrected chi connectivity index (χ2v) is 5.57. The van der Waals surface area contributed by atoms with E-state index in [9.17, 15) is 9.59 Å². The van der Waals surface area contributed by atoms with Crippen LogP contribution in [0.15, 0.2) is 18.2 Å². The molecular weight excluding hydrogens is 264 g/mol. The molecule has 21 heavy (non-hydrogen) atoms. The lowest BCUT2D eigenvalue weighted by atomic mass is 10.1. The molecule has 0 fully saturated rings. The molecule has 2 amide bonds. The lowest BCUT2D eigenvalue weighted by molar-refractivity contribution is -0.130. The van der Waals surface area contributed by atoms with E-state index in [1.807, 2.05) is 39.0 Å². The molecule has 0 saturated heterocycles. The number of aryl methyl sites for hydroxylation is 2. The molecule has 0 aromatic heterocycles. The molecule has 0 aliphatic carbocycles. The molecule has 1 rings (SSSR count). The maximum atomic E-state index is 12.1. The van der Waals surface area contributed by atoms with Gasteiger partial charge in [-0.25, -0.2) is 0 Å². The van der Waals surface area contributed by atoms with Gasteiger partial charge in [-0.05, 0) is 38.3 Å². The number of carbonyl (C=O) groups is 2. The largest absolute Gasteiger partial charge is 0.340 e. The van der Waals surface area contributed by atoms with Gasteiger partial charge in [0.15, 0.2) is 0 Å². The summed E-state index contributed by atoms with van der Waals surface area (Å²) in [6, 6.07) is 6.13. The number of benzene rings is 1. The maximum Gasteiger partial charge on any atom is 0.226 e. The number of hydrogen-bond acceptors (Lipinski definition) is 2. The number of rotatable bonds is 6. The van der Waals surface area contributed by atoms with Crippen LogP contribution in [0.25, 0.3) is 0 Å². The fourth-order valence-corrected chi connectivity index (χ4v) is 2.41. The van der Waals surface area contributed by atoms with Crippen molar-refractivity contribution in [2.45, 2.75) is 53.5 Å². The molecule has 0 atom stereocenters. The fraction of sp³-hybridized carbons (Fsp3) is 0.529. The van der Waals surface area contributed by atoms with Gasteiger partial charge in [0, 0.05) is 31.6 Å². The lowest BCUT2D eigenvalue weighted by Crippen LogP contribution is -2.37. The summed E-state index contributed by atoms with van der Waals surface area (Å²) in [5.74, 6) is -0.0474. The van der Waals surface area contributed by atoms with Crippen molar-refractivity contribution in [2.75, 3.05) is 11.9 Å². The third-order valence-corrected chi connectivity index (χ3v) is 3.61. The molecule has 0 radical (unpaired) electrons. The highest BCUT2D eigenvalue weighted by molar-refractivity contribution is 5.92. The zero-order chi connectivity index (χ0) is 16.0. The number of nitrogens with zero attached hydrogens (tertiary/aromatic N) is 1. The van der Waals surface area contributed by atoms with E-state index in [4.69, 9.17) is 0 Å². The van der Waals surface area contributed by atoms with E-state index < -0.39 is 0 Å². The molecule has 4 nitrogen and oxygen atoms in total. The van der Waals surface area contributed by atoms with Crippen molar-refractivity contribution in [3.05, 3.63) is 29.3 Å².